The number of carbonyl (C=O) groups is 1. The van der Waals surface area contributed by atoms with Crippen LogP contribution in [0.4, 0.5) is 0 Å². The molecule has 0 aliphatic carbocycles. The maximum absolute atomic E-state index is 11.3. The monoisotopic (exact) mass is 223 g/mol. The summed E-state index contributed by atoms with van der Waals surface area (Å²) in [5.41, 5.74) is 0. The SMILES string of the molecule is CN[C@H](C(=O)NCCSC)[C@@H](C)O.[2H]C. The zero-order chi connectivity index (χ0) is 12.3. The Balaban J connectivity index is 0. The molecule has 0 aromatic heterocycles. The van der Waals surface area contributed by atoms with Crippen LogP contribution in [-0.2, 0) is 4.79 Å². The lowest BCUT2D eigenvalue weighted by molar-refractivity contribution is -0.125. The Morgan fingerprint density at radius 3 is 2.64 bits per heavy atom. The summed E-state index contributed by atoms with van der Waals surface area (Å²) in [6.45, 7) is 2.24. The van der Waals surface area contributed by atoms with Crippen molar-refractivity contribution in [3.63, 3.8) is 0 Å². The quantitative estimate of drug-likeness (QED) is 0.558. The van der Waals surface area contributed by atoms with Gasteiger partial charge in [0.05, 0.1) is 6.10 Å². The zero-order valence-corrected chi connectivity index (χ0v) is 10.1. The third kappa shape index (κ3) is 6.23. The molecule has 0 aromatic carbocycles. The van der Waals surface area contributed by atoms with Crippen LogP contribution in [0.3, 0.4) is 0 Å². The second kappa shape index (κ2) is 9.30. The number of carbonyl (C=O) groups excluding carboxylic acids is 1. The van der Waals surface area contributed by atoms with Gasteiger partial charge in [0.15, 0.2) is 0 Å². The predicted octanol–water partition coefficient (Wildman–Crippen LogP) is 0.0705. The van der Waals surface area contributed by atoms with Gasteiger partial charge >= 0.3 is 0 Å². The highest BCUT2D eigenvalue weighted by Crippen LogP contribution is 1.93. The Bertz CT molecular complexity index is 159. The zero-order valence-electron chi connectivity index (χ0n) is 10.3. The average Bonchev–Trinajstić information content (AvgIpc) is 2.21. The van der Waals surface area contributed by atoms with Gasteiger partial charge in [-0.25, -0.2) is 0 Å². The van der Waals surface area contributed by atoms with E-state index in [-0.39, 0.29) is 5.91 Å². The van der Waals surface area contributed by atoms with Crippen LogP contribution < -0.4 is 10.6 Å². The van der Waals surface area contributed by atoms with Gasteiger partial charge in [-0.1, -0.05) is 7.40 Å². The number of rotatable bonds is 6. The first-order valence-electron chi connectivity index (χ1n) is 5.25. The molecule has 14 heavy (non-hydrogen) atoms. The minimum absolute atomic E-state index is 0.147. The summed E-state index contributed by atoms with van der Waals surface area (Å²) in [7, 11) is 2.91. The van der Waals surface area contributed by atoms with Crippen molar-refractivity contribution in [2.24, 2.45) is 0 Å². The van der Waals surface area contributed by atoms with Gasteiger partial charge in [0, 0.05) is 13.7 Å². The smallest absolute Gasteiger partial charge is 0.239 e. The van der Waals surface area contributed by atoms with Crippen molar-refractivity contribution in [2.45, 2.75) is 26.5 Å². The highest BCUT2D eigenvalue weighted by Gasteiger charge is 2.20. The minimum Gasteiger partial charge on any atom is -0.391 e. The Morgan fingerprint density at radius 1 is 1.71 bits per heavy atom. The van der Waals surface area contributed by atoms with Crippen LogP contribution in [0.15, 0.2) is 0 Å². The molecule has 0 heterocycles. The Kier molecular flexibility index (Phi) is 9.13. The lowest BCUT2D eigenvalue weighted by Crippen LogP contribution is -2.49. The first-order chi connectivity index (χ1) is 7.13. The van der Waals surface area contributed by atoms with Crippen LogP contribution in [0.1, 0.15) is 15.7 Å². The van der Waals surface area contributed by atoms with Crippen LogP contribution in [-0.4, -0.2) is 48.8 Å². The Morgan fingerprint density at radius 2 is 2.29 bits per heavy atom. The molecule has 0 rings (SSSR count). The van der Waals surface area contributed by atoms with Crippen LogP contribution in [0.25, 0.3) is 0 Å². The summed E-state index contributed by atoms with van der Waals surface area (Å²) in [4.78, 5) is 11.3. The number of aliphatic hydroxyl groups excluding tert-OH is 1. The number of nitrogens with one attached hydrogen (secondary N) is 2. The van der Waals surface area contributed by atoms with Crippen LogP contribution >= 0.6 is 11.8 Å². The molecule has 0 aliphatic heterocycles. The maximum Gasteiger partial charge on any atom is 0.239 e. The molecule has 0 unspecified atom stereocenters. The molecule has 86 valence electrons. The van der Waals surface area contributed by atoms with Gasteiger partial charge < -0.3 is 15.7 Å². The fraction of sp³-hybridized carbons (Fsp3) is 0.889. The van der Waals surface area contributed by atoms with E-state index in [4.69, 9.17) is 1.37 Å². The summed E-state index contributed by atoms with van der Waals surface area (Å²) in [6, 6.07) is -0.512. The first-order valence-corrected chi connectivity index (χ1v) is 5.64. The van der Waals surface area contributed by atoms with Crippen LogP contribution in [0.5, 0.6) is 0 Å². The van der Waals surface area contributed by atoms with E-state index in [9.17, 15) is 9.90 Å². The normalized spacial score (nSPS) is 14.5. The second-order valence-corrected chi connectivity index (χ2v) is 3.78. The number of hydrogen-bond acceptors (Lipinski definition) is 4. The topological polar surface area (TPSA) is 61.4 Å². The van der Waals surface area contributed by atoms with Gasteiger partial charge in [0.1, 0.15) is 6.04 Å². The summed E-state index contributed by atoms with van der Waals surface area (Å²) in [5.74, 6) is 0.744. The molecule has 0 aromatic rings. The fourth-order valence-corrected chi connectivity index (χ4v) is 1.28. The molecule has 0 radical (unpaired) electrons. The lowest BCUT2D eigenvalue weighted by atomic mass is 10.2. The molecule has 0 saturated carbocycles. The lowest BCUT2D eigenvalue weighted by Gasteiger charge is -2.18. The van der Waals surface area contributed by atoms with E-state index in [1.54, 1.807) is 25.7 Å². The molecule has 2 atom stereocenters. The molecular weight excluding hydrogens is 200 g/mol. The number of hydrogen-bond donors (Lipinski definition) is 3. The second-order valence-electron chi connectivity index (χ2n) is 2.79. The molecule has 0 aliphatic rings. The van der Waals surface area contributed by atoms with E-state index in [0.29, 0.717) is 6.54 Å². The highest BCUT2D eigenvalue weighted by molar-refractivity contribution is 7.98. The highest BCUT2D eigenvalue weighted by atomic mass is 32.2. The number of aliphatic hydroxyl groups is 1. The molecule has 1 amide bonds. The van der Waals surface area contributed by atoms with Crippen molar-refractivity contribution < 1.29 is 11.3 Å². The van der Waals surface area contributed by atoms with E-state index in [2.05, 4.69) is 10.6 Å². The summed E-state index contributed by atoms with van der Waals surface area (Å²) in [6.07, 6.45) is 1.32. The maximum atomic E-state index is 11.3. The molecule has 0 saturated heterocycles. The molecule has 4 nitrogen and oxygen atoms in total. The largest absolute Gasteiger partial charge is 0.391 e. The predicted molar refractivity (Wildman–Crippen MR) is 62.7 cm³/mol. The van der Waals surface area contributed by atoms with Crippen LogP contribution in [0.2, 0.25) is 0 Å². The molecule has 5 heteroatoms. The van der Waals surface area contributed by atoms with E-state index in [0.717, 1.165) is 5.75 Å². The van der Waals surface area contributed by atoms with Crippen molar-refractivity contribution in [2.75, 3.05) is 25.6 Å². The number of thioether (sulfide) groups is 1. The Hall–Kier alpha value is -0.260. The molecule has 3 N–H and O–H groups in total. The van der Waals surface area contributed by atoms with Gasteiger partial charge in [-0.15, -0.1) is 0 Å². The fourth-order valence-electron chi connectivity index (χ4n) is 0.978. The van der Waals surface area contributed by atoms with Crippen molar-refractivity contribution in [3.05, 3.63) is 0 Å². The molecular formula is C9H22N2O2S. The minimum atomic E-state index is -0.667. The van der Waals surface area contributed by atoms with Crippen LogP contribution in [0, 0.1) is 0 Å². The summed E-state index contributed by atoms with van der Waals surface area (Å²) < 4.78 is 5.75. The van der Waals surface area contributed by atoms with E-state index in [1.807, 2.05) is 6.26 Å². The summed E-state index contributed by atoms with van der Waals surface area (Å²) in [5, 5.41) is 14.7. The van der Waals surface area contributed by atoms with Crippen molar-refractivity contribution in [1.29, 1.82) is 0 Å². The third-order valence-corrected chi connectivity index (χ3v) is 2.29. The summed E-state index contributed by atoms with van der Waals surface area (Å²) >= 11 is 1.67. The van der Waals surface area contributed by atoms with Gasteiger partial charge in [0.25, 0.3) is 0 Å². The van der Waals surface area contributed by atoms with Gasteiger partial charge in [-0.05, 0) is 20.2 Å². The van der Waals surface area contributed by atoms with Crippen molar-refractivity contribution in [1.82, 2.24) is 10.6 Å². The molecule has 0 fully saturated rings. The Labute approximate surface area is 92.2 Å². The van der Waals surface area contributed by atoms with Gasteiger partial charge in [0.2, 0.25) is 5.91 Å². The van der Waals surface area contributed by atoms with Gasteiger partial charge in [-0.3, -0.25) is 4.79 Å². The van der Waals surface area contributed by atoms with Crippen molar-refractivity contribution >= 4 is 17.7 Å². The van der Waals surface area contributed by atoms with E-state index < -0.39 is 12.1 Å². The van der Waals surface area contributed by atoms with Crippen molar-refractivity contribution in [3.8, 4) is 0 Å². The van der Waals surface area contributed by atoms with E-state index >= 15 is 0 Å². The molecule has 0 bridgehead atoms. The van der Waals surface area contributed by atoms with Gasteiger partial charge in [-0.2, -0.15) is 11.8 Å². The third-order valence-electron chi connectivity index (χ3n) is 1.68. The standard InChI is InChI=1S/C8H18N2O2S.CH4/c1-6(11)7(9-2)8(12)10-4-5-13-3;/h6-7,9,11H,4-5H2,1-3H3,(H,10,12);1H4/t6-,7+;/m1./s1/i;1D. The number of likely N-dealkylation sites (N-methyl/N-ethyl adjacent to an activating group) is 1. The molecule has 0 spiro atoms. The first kappa shape index (κ1) is 13.7. The number of amides is 1. The van der Waals surface area contributed by atoms with E-state index in [1.165, 1.54) is 7.40 Å². The average molecular weight is 223 g/mol.